The first-order valence-electron chi connectivity index (χ1n) is 3.59. The molecule has 1 aliphatic heterocycles. The van der Waals surface area contributed by atoms with Crippen molar-refractivity contribution in [3.8, 4) is 0 Å². The van der Waals surface area contributed by atoms with Crippen LogP contribution in [0.3, 0.4) is 0 Å². The molecule has 0 aromatic heterocycles. The van der Waals surface area contributed by atoms with Crippen molar-refractivity contribution in [2.24, 2.45) is 11.0 Å². The van der Waals surface area contributed by atoms with Crippen molar-refractivity contribution in [3.05, 3.63) is 10.4 Å². The monoisotopic (exact) mass is 140 g/mol. The van der Waals surface area contributed by atoms with Gasteiger partial charge in [0.25, 0.3) is 0 Å². The molecule has 0 aromatic rings. The second-order valence-corrected chi connectivity index (χ2v) is 2.70. The molecule has 1 N–H and O–H groups in total. The minimum absolute atomic E-state index is 0.153. The van der Waals surface area contributed by atoms with E-state index >= 15 is 0 Å². The first-order valence-corrected chi connectivity index (χ1v) is 3.59. The van der Waals surface area contributed by atoms with Crippen LogP contribution in [0.4, 0.5) is 0 Å². The van der Waals surface area contributed by atoms with E-state index in [9.17, 15) is 0 Å². The third kappa shape index (κ3) is 1.62. The van der Waals surface area contributed by atoms with Gasteiger partial charge in [0.1, 0.15) is 0 Å². The van der Waals surface area contributed by atoms with Crippen molar-refractivity contribution >= 4 is 0 Å². The van der Waals surface area contributed by atoms with E-state index in [1.807, 2.05) is 6.92 Å². The minimum atomic E-state index is 0.153. The van der Waals surface area contributed by atoms with Gasteiger partial charge in [0.2, 0.25) is 0 Å². The highest BCUT2D eigenvalue weighted by Crippen LogP contribution is 2.14. The van der Waals surface area contributed by atoms with Crippen LogP contribution in [0.5, 0.6) is 0 Å². The van der Waals surface area contributed by atoms with Crippen LogP contribution < -0.4 is 5.32 Å². The zero-order valence-corrected chi connectivity index (χ0v) is 6.12. The predicted molar refractivity (Wildman–Crippen MR) is 39.6 cm³/mol. The Kier molecular flexibility index (Phi) is 2.54. The molecule has 56 valence electrons. The van der Waals surface area contributed by atoms with Gasteiger partial charge in [-0.15, -0.1) is 0 Å². The molecular formula is C6H12N4. The highest BCUT2D eigenvalue weighted by molar-refractivity contribution is 4.79. The summed E-state index contributed by atoms with van der Waals surface area (Å²) in [6.45, 7) is 4.04. The smallest absolute Gasteiger partial charge is 0.0386 e. The topological polar surface area (TPSA) is 60.8 Å². The summed E-state index contributed by atoms with van der Waals surface area (Å²) in [6, 6.07) is 0.153. The lowest BCUT2D eigenvalue weighted by atomic mass is 10.0. The van der Waals surface area contributed by atoms with Gasteiger partial charge >= 0.3 is 0 Å². The molecule has 1 unspecified atom stereocenters. The number of azide groups is 1. The zero-order valence-electron chi connectivity index (χ0n) is 6.12. The Morgan fingerprint density at radius 3 is 3.10 bits per heavy atom. The zero-order chi connectivity index (χ0) is 7.40. The molecule has 0 amide bonds. The van der Waals surface area contributed by atoms with Gasteiger partial charge in [0.05, 0.1) is 0 Å². The number of nitrogens with one attached hydrogen (secondary N) is 1. The molecule has 2 atom stereocenters. The van der Waals surface area contributed by atoms with Gasteiger partial charge in [0, 0.05) is 11.0 Å². The van der Waals surface area contributed by atoms with E-state index in [-0.39, 0.29) is 6.04 Å². The van der Waals surface area contributed by atoms with Crippen molar-refractivity contribution in [1.82, 2.24) is 5.32 Å². The largest absolute Gasteiger partial charge is 0.316 e. The molecule has 0 aromatic carbocycles. The van der Waals surface area contributed by atoms with E-state index in [1.165, 1.54) is 0 Å². The summed E-state index contributed by atoms with van der Waals surface area (Å²) >= 11 is 0. The average Bonchev–Trinajstić information content (AvgIpc) is 2.38. The summed E-state index contributed by atoms with van der Waals surface area (Å²) in [5, 5.41) is 6.88. The molecule has 0 radical (unpaired) electrons. The maximum Gasteiger partial charge on any atom is 0.0386 e. The van der Waals surface area contributed by atoms with Crippen LogP contribution in [-0.4, -0.2) is 19.1 Å². The van der Waals surface area contributed by atoms with E-state index in [2.05, 4.69) is 15.3 Å². The first-order chi connectivity index (χ1) is 4.84. The number of hydrogen-bond donors (Lipinski definition) is 1. The maximum atomic E-state index is 8.13. The fraction of sp³-hybridized carbons (Fsp3) is 1.00. The molecule has 0 saturated carbocycles. The second-order valence-electron chi connectivity index (χ2n) is 2.70. The molecule has 0 spiro atoms. The highest BCUT2D eigenvalue weighted by atomic mass is 15.2. The molecule has 1 rings (SSSR count). The fourth-order valence-corrected chi connectivity index (χ4v) is 1.26. The highest BCUT2D eigenvalue weighted by Gasteiger charge is 2.19. The van der Waals surface area contributed by atoms with Gasteiger partial charge in [-0.3, -0.25) is 0 Å². The van der Waals surface area contributed by atoms with Crippen LogP contribution in [0.25, 0.3) is 10.4 Å². The SMILES string of the molecule is CC(N=[N+]=[N-])[C@H]1CCNC1. The van der Waals surface area contributed by atoms with Crippen LogP contribution in [0.1, 0.15) is 13.3 Å². The Bertz CT molecular complexity index is 144. The van der Waals surface area contributed by atoms with Crippen LogP contribution >= 0.6 is 0 Å². The van der Waals surface area contributed by atoms with Crippen molar-refractivity contribution in [2.45, 2.75) is 19.4 Å². The van der Waals surface area contributed by atoms with Crippen LogP contribution in [0.15, 0.2) is 5.11 Å². The predicted octanol–water partition coefficient (Wildman–Crippen LogP) is 1.29. The standard InChI is InChI=1S/C6H12N4/c1-5(9-10-7)6-2-3-8-4-6/h5-6,8H,2-4H2,1H3/t5?,6-/m0/s1. The summed E-state index contributed by atoms with van der Waals surface area (Å²) in [6.07, 6.45) is 1.14. The molecule has 4 heteroatoms. The lowest BCUT2D eigenvalue weighted by molar-refractivity contribution is 0.482. The van der Waals surface area contributed by atoms with Gasteiger partial charge in [-0.25, -0.2) is 0 Å². The molecule has 0 bridgehead atoms. The molecule has 1 heterocycles. The lowest BCUT2D eigenvalue weighted by Crippen LogP contribution is -2.17. The summed E-state index contributed by atoms with van der Waals surface area (Å²) < 4.78 is 0. The van der Waals surface area contributed by atoms with E-state index in [0.29, 0.717) is 5.92 Å². The van der Waals surface area contributed by atoms with Gasteiger partial charge in [-0.05, 0) is 31.0 Å². The fourth-order valence-electron chi connectivity index (χ4n) is 1.26. The van der Waals surface area contributed by atoms with E-state index in [1.54, 1.807) is 0 Å². The van der Waals surface area contributed by atoms with Crippen molar-refractivity contribution in [2.75, 3.05) is 13.1 Å². The van der Waals surface area contributed by atoms with E-state index < -0.39 is 0 Å². The lowest BCUT2D eigenvalue weighted by Gasteiger charge is -2.10. The van der Waals surface area contributed by atoms with Crippen molar-refractivity contribution in [3.63, 3.8) is 0 Å². The second kappa shape index (κ2) is 3.44. The van der Waals surface area contributed by atoms with Gasteiger partial charge in [0.15, 0.2) is 0 Å². The molecule has 1 fully saturated rings. The van der Waals surface area contributed by atoms with Crippen LogP contribution in [0.2, 0.25) is 0 Å². The summed E-state index contributed by atoms with van der Waals surface area (Å²) in [7, 11) is 0. The van der Waals surface area contributed by atoms with Crippen molar-refractivity contribution < 1.29 is 0 Å². The Morgan fingerprint density at radius 1 is 1.80 bits per heavy atom. The van der Waals surface area contributed by atoms with E-state index in [4.69, 9.17) is 5.53 Å². The van der Waals surface area contributed by atoms with Gasteiger partial charge in [-0.1, -0.05) is 12.0 Å². The normalized spacial score (nSPS) is 27.5. The summed E-state index contributed by atoms with van der Waals surface area (Å²) in [4.78, 5) is 2.78. The summed E-state index contributed by atoms with van der Waals surface area (Å²) in [5.74, 6) is 0.552. The molecule has 0 aliphatic carbocycles. The van der Waals surface area contributed by atoms with Crippen molar-refractivity contribution in [1.29, 1.82) is 0 Å². The molecule has 1 saturated heterocycles. The Morgan fingerprint density at radius 2 is 2.60 bits per heavy atom. The Balaban J connectivity index is 2.39. The summed E-state index contributed by atoms with van der Waals surface area (Å²) in [5.41, 5.74) is 8.13. The molecule has 1 aliphatic rings. The minimum Gasteiger partial charge on any atom is -0.316 e. The average molecular weight is 140 g/mol. The van der Waals surface area contributed by atoms with Gasteiger partial charge < -0.3 is 5.32 Å². The molecule has 4 nitrogen and oxygen atoms in total. The maximum absolute atomic E-state index is 8.13. The first kappa shape index (κ1) is 7.38. The molecule has 10 heavy (non-hydrogen) atoms. The third-order valence-electron chi connectivity index (χ3n) is 2.01. The van der Waals surface area contributed by atoms with E-state index in [0.717, 1.165) is 19.5 Å². The van der Waals surface area contributed by atoms with Crippen LogP contribution in [0, 0.1) is 5.92 Å². The number of hydrogen-bond acceptors (Lipinski definition) is 2. The van der Waals surface area contributed by atoms with Gasteiger partial charge in [-0.2, -0.15) is 0 Å². The number of nitrogens with zero attached hydrogens (tertiary/aromatic N) is 3. The quantitative estimate of drug-likeness (QED) is 0.350. The van der Waals surface area contributed by atoms with Crippen LogP contribution in [-0.2, 0) is 0 Å². The Hall–Kier alpha value is -0.730. The third-order valence-corrected chi connectivity index (χ3v) is 2.01. The number of rotatable bonds is 2. The molecular weight excluding hydrogens is 128 g/mol. The Labute approximate surface area is 60.2 Å².